The van der Waals surface area contributed by atoms with Gasteiger partial charge in [-0.25, -0.2) is 20.8 Å². The molecular weight excluding hydrogens is 246 g/mol. The molecule has 2 heterocycles. The number of hydrogen-bond donors (Lipinski definition) is 2. The quantitative estimate of drug-likeness (QED) is 0.500. The third kappa shape index (κ3) is 3.18. The Morgan fingerprint density at radius 2 is 2.06 bits per heavy atom. The summed E-state index contributed by atoms with van der Waals surface area (Å²) >= 11 is 1.49. The molecule has 0 aliphatic heterocycles. The number of nitrogen functional groups attached to an aromatic ring is 1. The van der Waals surface area contributed by atoms with Crippen molar-refractivity contribution < 1.29 is 0 Å². The van der Waals surface area contributed by atoms with E-state index in [1.54, 1.807) is 6.20 Å². The lowest BCUT2D eigenvalue weighted by Gasteiger charge is -2.09. The molecule has 0 saturated carbocycles. The van der Waals surface area contributed by atoms with Gasteiger partial charge < -0.3 is 5.43 Å². The molecule has 0 spiro atoms. The number of nitrogens with one attached hydrogen (secondary N) is 1. The lowest BCUT2D eigenvalue weighted by atomic mass is 10.2. The summed E-state index contributed by atoms with van der Waals surface area (Å²) in [5, 5.41) is 1.73. The van der Waals surface area contributed by atoms with Crippen molar-refractivity contribution in [3.63, 3.8) is 0 Å². The van der Waals surface area contributed by atoms with Crippen molar-refractivity contribution in [3.05, 3.63) is 36.3 Å². The monoisotopic (exact) mass is 261 g/mol. The number of hydrogen-bond acceptors (Lipinski definition) is 6. The van der Waals surface area contributed by atoms with Crippen molar-refractivity contribution in [3.8, 4) is 0 Å². The molecule has 0 atom stereocenters. The van der Waals surface area contributed by atoms with Gasteiger partial charge in [-0.3, -0.25) is 0 Å². The molecular formula is C12H15N5S. The molecule has 94 valence electrons. The van der Waals surface area contributed by atoms with E-state index < -0.39 is 0 Å². The Labute approximate surface area is 110 Å². The van der Waals surface area contributed by atoms with E-state index in [-0.39, 0.29) is 5.92 Å². The van der Waals surface area contributed by atoms with Crippen molar-refractivity contribution in [2.24, 2.45) is 5.84 Å². The molecule has 6 heteroatoms. The Morgan fingerprint density at radius 3 is 2.67 bits per heavy atom. The van der Waals surface area contributed by atoms with Crippen LogP contribution in [0.4, 0.5) is 5.82 Å². The molecule has 2 aromatic heterocycles. The molecule has 0 fully saturated rings. The molecule has 0 radical (unpaired) electrons. The van der Waals surface area contributed by atoms with Crippen molar-refractivity contribution in [1.29, 1.82) is 0 Å². The topological polar surface area (TPSA) is 76.7 Å². The van der Waals surface area contributed by atoms with Crippen LogP contribution in [0.3, 0.4) is 0 Å². The molecule has 0 aromatic carbocycles. The molecule has 0 amide bonds. The highest BCUT2D eigenvalue weighted by atomic mass is 32.2. The Kier molecular flexibility index (Phi) is 4.11. The van der Waals surface area contributed by atoms with Crippen LogP contribution in [0.2, 0.25) is 0 Å². The SMILES string of the molecule is CC(C)c1nc(NN)cc(Sc2ccccn2)n1. The van der Waals surface area contributed by atoms with E-state index in [0.29, 0.717) is 5.82 Å². The Balaban J connectivity index is 2.30. The van der Waals surface area contributed by atoms with Gasteiger partial charge in [-0.05, 0) is 23.9 Å². The van der Waals surface area contributed by atoms with E-state index in [2.05, 4.69) is 20.4 Å². The van der Waals surface area contributed by atoms with E-state index in [4.69, 9.17) is 5.84 Å². The van der Waals surface area contributed by atoms with Crippen LogP contribution in [0, 0.1) is 0 Å². The molecule has 3 N–H and O–H groups in total. The third-order valence-corrected chi connectivity index (χ3v) is 3.10. The normalized spacial score (nSPS) is 10.7. The zero-order chi connectivity index (χ0) is 13.0. The first-order chi connectivity index (χ1) is 8.69. The first-order valence-electron chi connectivity index (χ1n) is 5.63. The maximum atomic E-state index is 5.42. The van der Waals surface area contributed by atoms with Crippen LogP contribution in [0.15, 0.2) is 40.5 Å². The minimum Gasteiger partial charge on any atom is -0.308 e. The number of rotatable bonds is 4. The number of pyridine rings is 1. The second-order valence-electron chi connectivity index (χ2n) is 4.02. The predicted octanol–water partition coefficient (Wildman–Crippen LogP) is 2.43. The molecule has 0 bridgehead atoms. The van der Waals surface area contributed by atoms with Crippen molar-refractivity contribution in [2.45, 2.75) is 29.8 Å². The van der Waals surface area contributed by atoms with Crippen molar-refractivity contribution in [2.75, 3.05) is 5.43 Å². The summed E-state index contributed by atoms with van der Waals surface area (Å²) in [7, 11) is 0. The number of hydrazine groups is 1. The van der Waals surface area contributed by atoms with Crippen molar-refractivity contribution >= 4 is 17.6 Å². The molecule has 18 heavy (non-hydrogen) atoms. The maximum Gasteiger partial charge on any atom is 0.144 e. The summed E-state index contributed by atoms with van der Waals surface area (Å²) in [6.07, 6.45) is 1.76. The lowest BCUT2D eigenvalue weighted by Crippen LogP contribution is -2.11. The standard InChI is InChI=1S/C12H15N5S/c1-8(2)12-15-9(17-13)7-11(16-12)18-10-5-3-4-6-14-10/h3-8H,13H2,1-2H3,(H,15,16,17). The van der Waals surface area contributed by atoms with Gasteiger partial charge in [-0.1, -0.05) is 19.9 Å². The summed E-state index contributed by atoms with van der Waals surface area (Å²) in [6, 6.07) is 7.58. The van der Waals surface area contributed by atoms with Gasteiger partial charge in [0.2, 0.25) is 0 Å². The molecule has 0 aliphatic carbocycles. The number of nitrogens with zero attached hydrogens (tertiary/aromatic N) is 3. The van der Waals surface area contributed by atoms with Gasteiger partial charge in [0.15, 0.2) is 0 Å². The smallest absolute Gasteiger partial charge is 0.144 e. The fourth-order valence-electron chi connectivity index (χ4n) is 1.34. The van der Waals surface area contributed by atoms with Gasteiger partial charge in [0.05, 0.1) is 0 Å². The largest absolute Gasteiger partial charge is 0.308 e. The summed E-state index contributed by atoms with van der Waals surface area (Å²) < 4.78 is 0. The fraction of sp³-hybridized carbons (Fsp3) is 0.250. The number of anilines is 1. The van der Waals surface area contributed by atoms with Crippen LogP contribution in [0.25, 0.3) is 0 Å². The zero-order valence-corrected chi connectivity index (χ0v) is 11.1. The second-order valence-corrected chi connectivity index (χ2v) is 5.06. The Hall–Kier alpha value is -1.66. The first-order valence-corrected chi connectivity index (χ1v) is 6.45. The lowest BCUT2D eigenvalue weighted by molar-refractivity contribution is 0.754. The van der Waals surface area contributed by atoms with E-state index in [9.17, 15) is 0 Å². The van der Waals surface area contributed by atoms with Gasteiger partial charge in [0.1, 0.15) is 21.7 Å². The van der Waals surface area contributed by atoms with Crippen LogP contribution in [0.1, 0.15) is 25.6 Å². The van der Waals surface area contributed by atoms with E-state index in [1.807, 2.05) is 38.1 Å². The summed E-state index contributed by atoms with van der Waals surface area (Å²) in [5.74, 6) is 7.05. The van der Waals surface area contributed by atoms with Crippen LogP contribution in [-0.2, 0) is 0 Å². The maximum absolute atomic E-state index is 5.42. The average molecular weight is 261 g/mol. The van der Waals surface area contributed by atoms with Crippen LogP contribution in [-0.4, -0.2) is 15.0 Å². The highest BCUT2D eigenvalue weighted by Crippen LogP contribution is 2.26. The molecule has 2 rings (SSSR count). The average Bonchev–Trinajstić information content (AvgIpc) is 2.39. The molecule has 0 aliphatic rings. The van der Waals surface area contributed by atoms with Gasteiger partial charge in [-0.15, -0.1) is 0 Å². The van der Waals surface area contributed by atoms with Crippen LogP contribution < -0.4 is 11.3 Å². The predicted molar refractivity (Wildman–Crippen MR) is 72.3 cm³/mol. The number of nitrogens with two attached hydrogens (primary N) is 1. The van der Waals surface area contributed by atoms with E-state index in [1.165, 1.54) is 11.8 Å². The van der Waals surface area contributed by atoms with E-state index >= 15 is 0 Å². The fourth-order valence-corrected chi connectivity index (χ4v) is 2.13. The highest BCUT2D eigenvalue weighted by molar-refractivity contribution is 7.99. The zero-order valence-electron chi connectivity index (χ0n) is 10.3. The molecule has 5 nitrogen and oxygen atoms in total. The Morgan fingerprint density at radius 1 is 1.22 bits per heavy atom. The third-order valence-electron chi connectivity index (χ3n) is 2.23. The van der Waals surface area contributed by atoms with Gasteiger partial charge in [-0.2, -0.15) is 0 Å². The minimum atomic E-state index is 0.251. The van der Waals surface area contributed by atoms with Crippen LogP contribution >= 0.6 is 11.8 Å². The van der Waals surface area contributed by atoms with E-state index in [0.717, 1.165) is 15.9 Å². The van der Waals surface area contributed by atoms with Gasteiger partial charge in [0.25, 0.3) is 0 Å². The minimum absolute atomic E-state index is 0.251. The van der Waals surface area contributed by atoms with Crippen molar-refractivity contribution in [1.82, 2.24) is 15.0 Å². The van der Waals surface area contributed by atoms with Gasteiger partial charge in [0, 0.05) is 18.2 Å². The summed E-state index contributed by atoms with van der Waals surface area (Å²) in [4.78, 5) is 13.1. The molecule has 2 aromatic rings. The molecule has 0 saturated heterocycles. The molecule has 0 unspecified atom stereocenters. The summed E-state index contributed by atoms with van der Waals surface area (Å²) in [6.45, 7) is 4.09. The first kappa shape index (κ1) is 12.8. The number of aromatic nitrogens is 3. The van der Waals surface area contributed by atoms with Crippen LogP contribution in [0.5, 0.6) is 0 Å². The second kappa shape index (κ2) is 5.79. The highest BCUT2D eigenvalue weighted by Gasteiger charge is 2.09. The van der Waals surface area contributed by atoms with Gasteiger partial charge >= 0.3 is 0 Å². The Bertz CT molecular complexity index is 515. The summed E-state index contributed by atoms with van der Waals surface area (Å²) in [5.41, 5.74) is 2.56.